The number of carbonyl (C=O) groups excluding carboxylic acids is 1. The van der Waals surface area contributed by atoms with Crippen LogP contribution >= 0.6 is 0 Å². The highest BCUT2D eigenvalue weighted by molar-refractivity contribution is 6.87. The van der Waals surface area contributed by atoms with E-state index in [1.54, 1.807) is 0 Å². The van der Waals surface area contributed by atoms with Gasteiger partial charge < -0.3 is 15.5 Å². The third-order valence-electron chi connectivity index (χ3n) is 5.00. The molecule has 5 nitrogen and oxygen atoms in total. The molecule has 1 aromatic carbocycles. The zero-order valence-corrected chi connectivity index (χ0v) is 18.0. The van der Waals surface area contributed by atoms with Gasteiger partial charge in [-0.3, -0.25) is 4.79 Å². The van der Waals surface area contributed by atoms with Gasteiger partial charge >= 0.3 is 12.1 Å². The zero-order chi connectivity index (χ0) is 22.6. The number of carboxylic acids is 1. The summed E-state index contributed by atoms with van der Waals surface area (Å²) in [7, 11) is -1.95. The largest absolute Gasteiger partial charge is 0.480 e. The molecule has 2 atom stereocenters. The van der Waals surface area contributed by atoms with E-state index in [2.05, 4.69) is 50.6 Å². The summed E-state index contributed by atoms with van der Waals surface area (Å²) < 4.78 is 37.8. The molecule has 0 fully saturated rings. The van der Waals surface area contributed by atoms with E-state index < -0.39 is 43.8 Å². The summed E-state index contributed by atoms with van der Waals surface area (Å²) in [6.45, 7) is 10.3. The van der Waals surface area contributed by atoms with Gasteiger partial charge in [0.2, 0.25) is 0 Å². The number of aliphatic carboxylic acids is 1. The molecular formula is C20H26F3NO4Si. The van der Waals surface area contributed by atoms with E-state index in [0.717, 1.165) is 24.3 Å². The number of aliphatic hydroxyl groups excluding tert-OH is 1. The van der Waals surface area contributed by atoms with Gasteiger partial charge in [-0.25, -0.2) is 4.79 Å². The van der Waals surface area contributed by atoms with Gasteiger partial charge in [0.1, 0.15) is 14.1 Å². The Morgan fingerprint density at radius 3 is 2.07 bits per heavy atom. The van der Waals surface area contributed by atoms with Crippen LogP contribution in [0, 0.1) is 11.5 Å². The molecule has 160 valence electrons. The standard InChI is InChI=1S/C20H26F3NO4Si/c1-19(2,3)29(4,5)12-6-7-15(18(27)28)24-17(26)16(25)13-8-10-14(11-9-13)20(21,22)23/h8-11,15-16,25H,7H2,1-5H3,(H,24,26)(H,27,28)/t15-,16+/m0/s1. The summed E-state index contributed by atoms with van der Waals surface area (Å²) in [6.07, 6.45) is -6.48. The van der Waals surface area contributed by atoms with Crippen LogP contribution in [0.5, 0.6) is 0 Å². The third kappa shape index (κ3) is 6.90. The average Bonchev–Trinajstić information content (AvgIpc) is 2.58. The first-order valence-electron chi connectivity index (χ1n) is 8.94. The van der Waals surface area contributed by atoms with Gasteiger partial charge in [-0.05, 0) is 22.7 Å². The molecule has 0 radical (unpaired) electrons. The van der Waals surface area contributed by atoms with Gasteiger partial charge in [-0.15, -0.1) is 11.5 Å². The molecule has 3 N–H and O–H groups in total. The van der Waals surface area contributed by atoms with Gasteiger partial charge in [0, 0.05) is 6.42 Å². The Morgan fingerprint density at radius 1 is 1.14 bits per heavy atom. The van der Waals surface area contributed by atoms with E-state index in [4.69, 9.17) is 0 Å². The molecule has 0 aliphatic heterocycles. The van der Waals surface area contributed by atoms with Crippen LogP contribution in [0.2, 0.25) is 18.1 Å². The fourth-order valence-corrected chi connectivity index (χ4v) is 2.94. The van der Waals surface area contributed by atoms with Crippen molar-refractivity contribution in [3.8, 4) is 11.5 Å². The second kappa shape index (κ2) is 9.01. The summed E-state index contributed by atoms with van der Waals surface area (Å²) in [5.74, 6) is 0.492. The second-order valence-electron chi connectivity index (χ2n) is 8.30. The van der Waals surface area contributed by atoms with E-state index in [-0.39, 0.29) is 17.0 Å². The number of aliphatic hydroxyl groups is 1. The highest BCUT2D eigenvalue weighted by Crippen LogP contribution is 2.35. The normalized spacial score (nSPS) is 14.4. The molecule has 1 aromatic rings. The van der Waals surface area contributed by atoms with Crippen LogP contribution in [-0.2, 0) is 15.8 Å². The summed E-state index contributed by atoms with van der Waals surface area (Å²) in [5.41, 5.74) is 2.15. The lowest BCUT2D eigenvalue weighted by atomic mass is 10.1. The Morgan fingerprint density at radius 2 is 1.66 bits per heavy atom. The van der Waals surface area contributed by atoms with Crippen LogP contribution in [0.25, 0.3) is 0 Å². The molecule has 0 aliphatic rings. The van der Waals surface area contributed by atoms with E-state index in [9.17, 15) is 33.0 Å². The molecule has 0 bridgehead atoms. The number of carboxylic acid groups (broad SMARTS) is 1. The maximum absolute atomic E-state index is 12.6. The molecule has 1 rings (SSSR count). The van der Waals surface area contributed by atoms with E-state index in [1.807, 2.05) is 0 Å². The van der Waals surface area contributed by atoms with Gasteiger partial charge in [0.15, 0.2) is 6.10 Å². The molecule has 0 saturated carbocycles. The van der Waals surface area contributed by atoms with Crippen molar-refractivity contribution in [1.29, 1.82) is 0 Å². The number of nitrogens with one attached hydrogen (secondary N) is 1. The number of carbonyl (C=O) groups is 2. The zero-order valence-electron chi connectivity index (χ0n) is 17.0. The Balaban J connectivity index is 2.87. The first kappa shape index (κ1) is 24.7. The molecule has 9 heteroatoms. The fourth-order valence-electron chi connectivity index (χ4n) is 2.02. The monoisotopic (exact) mass is 429 g/mol. The highest BCUT2D eigenvalue weighted by atomic mass is 28.3. The van der Waals surface area contributed by atoms with Gasteiger partial charge in [-0.2, -0.15) is 13.2 Å². The molecule has 0 aromatic heterocycles. The van der Waals surface area contributed by atoms with E-state index >= 15 is 0 Å². The Bertz CT molecular complexity index is 802. The van der Waals surface area contributed by atoms with Crippen LogP contribution in [0.1, 0.15) is 44.4 Å². The van der Waals surface area contributed by atoms with Crippen molar-refractivity contribution >= 4 is 20.0 Å². The van der Waals surface area contributed by atoms with E-state index in [1.165, 1.54) is 0 Å². The van der Waals surface area contributed by atoms with Gasteiger partial charge in [-0.1, -0.05) is 46.0 Å². The number of amides is 1. The van der Waals surface area contributed by atoms with Crippen molar-refractivity contribution in [3.05, 3.63) is 35.4 Å². The molecule has 0 aliphatic carbocycles. The Kier molecular flexibility index (Phi) is 7.68. The predicted octanol–water partition coefficient (Wildman–Crippen LogP) is 3.75. The number of benzene rings is 1. The van der Waals surface area contributed by atoms with Crippen molar-refractivity contribution in [2.24, 2.45) is 0 Å². The van der Waals surface area contributed by atoms with Gasteiger partial charge in [0.05, 0.1) is 5.56 Å². The van der Waals surface area contributed by atoms with Crippen LogP contribution < -0.4 is 5.32 Å². The summed E-state index contributed by atoms with van der Waals surface area (Å²) in [4.78, 5) is 23.6. The smallest absolute Gasteiger partial charge is 0.416 e. The van der Waals surface area contributed by atoms with Crippen molar-refractivity contribution in [2.45, 2.75) is 63.6 Å². The van der Waals surface area contributed by atoms with E-state index in [0.29, 0.717) is 0 Å². The quantitative estimate of drug-likeness (QED) is 0.492. The minimum absolute atomic E-state index is 0.0132. The molecule has 1 amide bonds. The topological polar surface area (TPSA) is 86.6 Å². The van der Waals surface area contributed by atoms with Crippen LogP contribution in [0.4, 0.5) is 13.2 Å². The third-order valence-corrected chi connectivity index (χ3v) is 9.55. The number of alkyl halides is 3. The maximum atomic E-state index is 12.6. The minimum Gasteiger partial charge on any atom is -0.480 e. The predicted molar refractivity (Wildman–Crippen MR) is 106 cm³/mol. The highest BCUT2D eigenvalue weighted by Gasteiger charge is 2.34. The average molecular weight is 430 g/mol. The summed E-state index contributed by atoms with van der Waals surface area (Å²) >= 11 is 0. The molecule has 29 heavy (non-hydrogen) atoms. The first-order chi connectivity index (χ1) is 13.1. The van der Waals surface area contributed by atoms with Crippen molar-refractivity contribution in [1.82, 2.24) is 5.32 Å². The number of rotatable bonds is 5. The lowest BCUT2D eigenvalue weighted by molar-refractivity contribution is -0.143. The Labute approximate surface area is 169 Å². The fraction of sp³-hybridized carbons (Fsp3) is 0.500. The summed E-state index contributed by atoms with van der Waals surface area (Å²) in [5, 5.41) is 21.5. The minimum atomic E-state index is -4.54. The SMILES string of the molecule is CC(C)(C)[Si](C)(C)C#CC[C@H](NC(=O)[C@H](O)c1ccc(C(F)(F)F)cc1)C(=O)O. The van der Waals surface area contributed by atoms with Crippen molar-refractivity contribution in [3.63, 3.8) is 0 Å². The molecule has 0 saturated heterocycles. The van der Waals surface area contributed by atoms with Crippen LogP contribution in [0.3, 0.4) is 0 Å². The molecule has 0 unspecified atom stereocenters. The maximum Gasteiger partial charge on any atom is 0.416 e. The second-order valence-corrected chi connectivity index (χ2v) is 13.3. The molecular weight excluding hydrogens is 403 g/mol. The van der Waals surface area contributed by atoms with Crippen LogP contribution in [-0.4, -0.2) is 36.2 Å². The first-order valence-corrected chi connectivity index (χ1v) is 11.9. The van der Waals surface area contributed by atoms with Crippen molar-refractivity contribution in [2.75, 3.05) is 0 Å². The number of halogens is 3. The van der Waals surface area contributed by atoms with Crippen molar-refractivity contribution < 1.29 is 33.0 Å². The Hall–Kier alpha value is -2.31. The summed E-state index contributed by atoms with van der Waals surface area (Å²) in [6, 6.07) is 2.08. The lowest BCUT2D eigenvalue weighted by Gasteiger charge is -2.31. The lowest BCUT2D eigenvalue weighted by Crippen LogP contribution is -2.43. The van der Waals surface area contributed by atoms with Crippen LogP contribution in [0.15, 0.2) is 24.3 Å². The molecule has 0 heterocycles. The number of hydrogen-bond donors (Lipinski definition) is 3. The number of hydrogen-bond acceptors (Lipinski definition) is 3. The molecule has 0 spiro atoms. The van der Waals surface area contributed by atoms with Gasteiger partial charge in [0.25, 0.3) is 5.91 Å².